The highest BCUT2D eigenvalue weighted by Gasteiger charge is 2.09. The van der Waals surface area contributed by atoms with Crippen LogP contribution < -0.4 is 0 Å². The molecule has 0 saturated carbocycles. The van der Waals surface area contributed by atoms with E-state index in [1.54, 1.807) is 12.1 Å². The summed E-state index contributed by atoms with van der Waals surface area (Å²) in [7, 11) is 0. The number of ether oxygens (including phenoxy) is 1. The molecule has 0 heterocycles. The molecule has 0 atom stereocenters. The molecule has 0 spiro atoms. The summed E-state index contributed by atoms with van der Waals surface area (Å²) >= 11 is 3.13. The molecule has 16 heavy (non-hydrogen) atoms. The highest BCUT2D eigenvalue weighted by molar-refractivity contribution is 9.10. The number of Topliss-reactive ketones (excluding diaryl/α,β-unsaturated/α-hetero) is 1. The first-order chi connectivity index (χ1) is 7.65. The van der Waals surface area contributed by atoms with Gasteiger partial charge in [0.2, 0.25) is 0 Å². The molecule has 1 aromatic carbocycles. The van der Waals surface area contributed by atoms with Gasteiger partial charge in [-0.3, -0.25) is 4.79 Å². The second-order valence-corrected chi connectivity index (χ2v) is 4.17. The Morgan fingerprint density at radius 1 is 1.50 bits per heavy atom. The van der Waals surface area contributed by atoms with Crippen LogP contribution in [0.1, 0.15) is 18.9 Å². The number of benzene rings is 1. The van der Waals surface area contributed by atoms with E-state index in [0.717, 1.165) is 0 Å². The fourth-order valence-electron chi connectivity index (χ4n) is 1.32. The number of hydrogen-bond acceptors (Lipinski definition) is 2. The van der Waals surface area contributed by atoms with Crippen LogP contribution in [0.5, 0.6) is 0 Å². The van der Waals surface area contributed by atoms with Crippen LogP contribution in [-0.2, 0) is 16.0 Å². The van der Waals surface area contributed by atoms with Gasteiger partial charge in [-0.1, -0.05) is 12.1 Å². The molecule has 1 aromatic rings. The quantitative estimate of drug-likeness (QED) is 0.752. The zero-order chi connectivity index (χ0) is 12.0. The van der Waals surface area contributed by atoms with Crippen LogP contribution in [0.15, 0.2) is 22.7 Å². The largest absolute Gasteiger partial charge is 0.381 e. The van der Waals surface area contributed by atoms with Gasteiger partial charge in [-0.25, -0.2) is 4.39 Å². The molecule has 0 saturated heterocycles. The molecule has 1 rings (SSSR count). The second-order valence-electron chi connectivity index (χ2n) is 3.38. The molecule has 0 amide bonds. The summed E-state index contributed by atoms with van der Waals surface area (Å²) in [6, 6.07) is 4.70. The van der Waals surface area contributed by atoms with Crippen molar-refractivity contribution in [3.63, 3.8) is 0 Å². The van der Waals surface area contributed by atoms with Crippen molar-refractivity contribution in [2.45, 2.75) is 19.8 Å². The Balaban J connectivity index is 2.53. The average molecular weight is 289 g/mol. The first kappa shape index (κ1) is 13.3. The summed E-state index contributed by atoms with van der Waals surface area (Å²) in [4.78, 5) is 11.5. The lowest BCUT2D eigenvalue weighted by Gasteiger charge is -2.04. The van der Waals surface area contributed by atoms with Crippen molar-refractivity contribution in [3.05, 3.63) is 34.1 Å². The molecule has 0 aliphatic rings. The van der Waals surface area contributed by atoms with Gasteiger partial charge in [-0.05, 0) is 34.5 Å². The van der Waals surface area contributed by atoms with Crippen LogP contribution >= 0.6 is 15.9 Å². The maximum atomic E-state index is 13.2. The summed E-state index contributed by atoms with van der Waals surface area (Å²) in [6.07, 6.45) is 0.613. The van der Waals surface area contributed by atoms with Crippen LogP contribution in [0.2, 0.25) is 0 Å². The molecule has 0 aromatic heterocycles. The summed E-state index contributed by atoms with van der Waals surface area (Å²) in [5.74, 6) is -0.283. The molecule has 2 nitrogen and oxygen atoms in total. The van der Waals surface area contributed by atoms with E-state index in [0.29, 0.717) is 29.7 Å². The van der Waals surface area contributed by atoms with E-state index in [1.807, 2.05) is 6.92 Å². The minimum atomic E-state index is -0.338. The van der Waals surface area contributed by atoms with Crippen LogP contribution in [0.25, 0.3) is 0 Å². The van der Waals surface area contributed by atoms with Crippen LogP contribution in [0.3, 0.4) is 0 Å². The first-order valence-corrected chi connectivity index (χ1v) is 5.96. The Bertz CT molecular complexity index is 366. The highest BCUT2D eigenvalue weighted by atomic mass is 79.9. The summed E-state index contributed by atoms with van der Waals surface area (Å²) < 4.78 is 18.6. The molecule has 0 fully saturated rings. The predicted octanol–water partition coefficient (Wildman–Crippen LogP) is 3.13. The van der Waals surface area contributed by atoms with Gasteiger partial charge in [-0.15, -0.1) is 0 Å². The first-order valence-electron chi connectivity index (χ1n) is 5.17. The lowest BCUT2D eigenvalue weighted by atomic mass is 10.1. The maximum absolute atomic E-state index is 13.2. The van der Waals surface area contributed by atoms with Crippen molar-refractivity contribution in [2.24, 2.45) is 0 Å². The van der Waals surface area contributed by atoms with Crippen molar-refractivity contribution in [3.8, 4) is 0 Å². The predicted molar refractivity (Wildman–Crippen MR) is 63.9 cm³/mol. The number of carbonyl (C=O) groups is 1. The Morgan fingerprint density at radius 2 is 2.25 bits per heavy atom. The van der Waals surface area contributed by atoms with Gasteiger partial charge < -0.3 is 4.74 Å². The molecule has 0 N–H and O–H groups in total. The average Bonchev–Trinajstić information content (AvgIpc) is 2.25. The molecule has 0 radical (unpaired) electrons. The maximum Gasteiger partial charge on any atom is 0.139 e. The molecular formula is C12H14BrFO2. The fourth-order valence-corrected chi connectivity index (χ4v) is 1.72. The van der Waals surface area contributed by atoms with E-state index in [2.05, 4.69) is 15.9 Å². The Kier molecular flexibility index (Phi) is 5.63. The van der Waals surface area contributed by atoms with Crippen LogP contribution in [0, 0.1) is 5.82 Å². The molecule has 0 aliphatic heterocycles. The standard InChI is InChI=1S/C12H14BrFO2/c1-2-16-7-6-10(15)8-9-4-3-5-11(14)12(9)13/h3-5H,2,6-8H2,1H3. The second kappa shape index (κ2) is 6.76. The third-order valence-corrected chi connectivity index (χ3v) is 3.04. The number of carbonyl (C=O) groups excluding carboxylic acids is 1. The zero-order valence-corrected chi connectivity index (χ0v) is 10.7. The number of ketones is 1. The van der Waals surface area contributed by atoms with Crippen molar-refractivity contribution in [2.75, 3.05) is 13.2 Å². The van der Waals surface area contributed by atoms with E-state index < -0.39 is 0 Å². The SMILES string of the molecule is CCOCCC(=O)Cc1cccc(F)c1Br. The van der Waals surface area contributed by atoms with Gasteiger partial charge in [0, 0.05) is 19.4 Å². The summed E-state index contributed by atoms with van der Waals surface area (Å²) in [5, 5.41) is 0. The lowest BCUT2D eigenvalue weighted by Crippen LogP contribution is -2.08. The van der Waals surface area contributed by atoms with Crippen molar-refractivity contribution in [1.29, 1.82) is 0 Å². The zero-order valence-electron chi connectivity index (χ0n) is 9.13. The minimum Gasteiger partial charge on any atom is -0.381 e. The molecule has 88 valence electrons. The Labute approximate surface area is 103 Å². The van der Waals surface area contributed by atoms with Gasteiger partial charge in [0.05, 0.1) is 11.1 Å². The summed E-state index contributed by atoms with van der Waals surface area (Å²) in [5.41, 5.74) is 0.682. The highest BCUT2D eigenvalue weighted by Crippen LogP contribution is 2.21. The van der Waals surface area contributed by atoms with Gasteiger partial charge in [-0.2, -0.15) is 0 Å². The van der Waals surface area contributed by atoms with Crippen LogP contribution in [0.4, 0.5) is 4.39 Å². The smallest absolute Gasteiger partial charge is 0.139 e. The van der Waals surface area contributed by atoms with Crippen molar-refractivity contribution < 1.29 is 13.9 Å². The van der Waals surface area contributed by atoms with Gasteiger partial charge in [0.15, 0.2) is 0 Å². The van der Waals surface area contributed by atoms with Crippen molar-refractivity contribution >= 4 is 21.7 Å². The van der Waals surface area contributed by atoms with Gasteiger partial charge >= 0.3 is 0 Å². The van der Waals surface area contributed by atoms with E-state index >= 15 is 0 Å². The summed E-state index contributed by atoms with van der Waals surface area (Å²) in [6.45, 7) is 2.92. The van der Waals surface area contributed by atoms with Crippen molar-refractivity contribution in [1.82, 2.24) is 0 Å². The van der Waals surface area contributed by atoms with E-state index in [4.69, 9.17) is 4.74 Å². The van der Waals surface area contributed by atoms with E-state index in [9.17, 15) is 9.18 Å². The molecule has 4 heteroatoms. The Hall–Kier alpha value is -0.740. The molecule has 0 unspecified atom stereocenters. The number of rotatable bonds is 6. The lowest BCUT2D eigenvalue weighted by molar-refractivity contribution is -0.119. The van der Waals surface area contributed by atoms with Crippen LogP contribution in [-0.4, -0.2) is 19.0 Å². The number of hydrogen-bond donors (Lipinski definition) is 0. The molecule has 0 bridgehead atoms. The normalized spacial score (nSPS) is 10.4. The third-order valence-electron chi connectivity index (χ3n) is 2.15. The van der Waals surface area contributed by atoms with Gasteiger partial charge in [0.25, 0.3) is 0 Å². The topological polar surface area (TPSA) is 26.3 Å². The fraction of sp³-hybridized carbons (Fsp3) is 0.417. The van der Waals surface area contributed by atoms with Gasteiger partial charge in [0.1, 0.15) is 11.6 Å². The Morgan fingerprint density at radius 3 is 2.94 bits per heavy atom. The minimum absolute atomic E-state index is 0.0553. The van der Waals surface area contributed by atoms with E-state index in [1.165, 1.54) is 6.07 Å². The third kappa shape index (κ3) is 4.02. The number of halogens is 2. The van der Waals surface area contributed by atoms with E-state index in [-0.39, 0.29) is 18.0 Å². The monoisotopic (exact) mass is 288 g/mol. The molecular weight excluding hydrogens is 275 g/mol. The molecule has 0 aliphatic carbocycles.